The lowest BCUT2D eigenvalue weighted by molar-refractivity contribution is -0.136. The van der Waals surface area contributed by atoms with E-state index < -0.39 is 17.6 Å². The average Bonchev–Trinajstić information content (AvgIpc) is 2.71. The Morgan fingerprint density at radius 1 is 1.17 bits per heavy atom. The van der Waals surface area contributed by atoms with Gasteiger partial charge in [0, 0.05) is 17.3 Å². The van der Waals surface area contributed by atoms with Crippen LogP contribution in [0.4, 0.5) is 4.39 Å². The number of hydrogen-bond donors (Lipinski definition) is 2. The molecule has 0 spiro atoms. The molecule has 3 N–H and O–H groups in total. The molecule has 30 heavy (non-hydrogen) atoms. The Balaban J connectivity index is 2.19. The minimum atomic E-state index is -1.00. The lowest BCUT2D eigenvalue weighted by atomic mass is 10.1. The van der Waals surface area contributed by atoms with Crippen LogP contribution in [0.1, 0.15) is 24.5 Å². The molecule has 0 fully saturated rings. The minimum absolute atomic E-state index is 0.0429. The lowest BCUT2D eigenvalue weighted by Crippen LogP contribution is -2.22. The Morgan fingerprint density at radius 2 is 1.87 bits per heavy atom. The molecule has 0 bridgehead atoms. The number of carbonyl (C=O) groups is 2. The number of nitrogens with zero attached hydrogens (tertiary/aromatic N) is 1. The number of nitrogens with two attached hydrogens (primary N) is 1. The highest BCUT2D eigenvalue weighted by atomic mass is 19.1. The van der Waals surface area contributed by atoms with Crippen LogP contribution in [0.3, 0.4) is 0 Å². The molecule has 2 aromatic carbocycles. The third-order valence-electron chi connectivity index (χ3n) is 3.90. The van der Waals surface area contributed by atoms with Gasteiger partial charge in [0.25, 0.3) is 0 Å². The highest BCUT2D eigenvalue weighted by Crippen LogP contribution is 2.19. The van der Waals surface area contributed by atoms with E-state index in [4.69, 9.17) is 20.4 Å². The SMILES string of the molecule is CCCO/N=C(\COc1ccccc1CC(=O)O)C(=O)C=C(N)c1ccc(F)cc1. The zero-order chi connectivity index (χ0) is 21.9. The van der Waals surface area contributed by atoms with E-state index >= 15 is 0 Å². The van der Waals surface area contributed by atoms with Crippen LogP contribution in [0.5, 0.6) is 5.75 Å². The monoisotopic (exact) mass is 414 g/mol. The first kappa shape index (κ1) is 22.6. The van der Waals surface area contributed by atoms with Crippen molar-refractivity contribution in [3.8, 4) is 5.75 Å². The average molecular weight is 414 g/mol. The van der Waals surface area contributed by atoms with Crippen molar-refractivity contribution in [1.29, 1.82) is 0 Å². The second-order valence-corrected chi connectivity index (χ2v) is 6.31. The molecule has 0 heterocycles. The van der Waals surface area contributed by atoms with Crippen LogP contribution in [0, 0.1) is 5.82 Å². The number of ether oxygens (including phenoxy) is 1. The number of benzene rings is 2. The van der Waals surface area contributed by atoms with Gasteiger partial charge in [0.15, 0.2) is 5.71 Å². The van der Waals surface area contributed by atoms with Gasteiger partial charge in [0.1, 0.15) is 24.8 Å². The van der Waals surface area contributed by atoms with Crippen LogP contribution in [-0.4, -0.2) is 35.8 Å². The van der Waals surface area contributed by atoms with Crippen molar-refractivity contribution in [3.05, 3.63) is 71.6 Å². The summed E-state index contributed by atoms with van der Waals surface area (Å²) in [5.74, 6) is -1.63. The van der Waals surface area contributed by atoms with E-state index in [1.54, 1.807) is 24.3 Å². The molecule has 0 aromatic heterocycles. The largest absolute Gasteiger partial charge is 0.487 e. The number of carboxylic acid groups (broad SMARTS) is 1. The Labute approximate surface area is 173 Å². The van der Waals surface area contributed by atoms with Crippen LogP contribution in [-0.2, 0) is 20.8 Å². The molecule has 0 amide bonds. The number of para-hydroxylation sites is 1. The maximum absolute atomic E-state index is 13.1. The quantitative estimate of drug-likeness (QED) is 0.253. The van der Waals surface area contributed by atoms with E-state index in [0.29, 0.717) is 29.9 Å². The van der Waals surface area contributed by atoms with Crippen molar-refractivity contribution in [2.75, 3.05) is 13.2 Å². The summed E-state index contributed by atoms with van der Waals surface area (Å²) in [4.78, 5) is 28.8. The van der Waals surface area contributed by atoms with Crippen molar-refractivity contribution in [2.24, 2.45) is 10.9 Å². The molecule has 2 aromatic rings. The second-order valence-electron chi connectivity index (χ2n) is 6.31. The molecule has 0 aliphatic carbocycles. The van der Waals surface area contributed by atoms with Crippen LogP contribution < -0.4 is 10.5 Å². The van der Waals surface area contributed by atoms with Crippen LogP contribution in [0.2, 0.25) is 0 Å². The maximum atomic E-state index is 13.1. The van der Waals surface area contributed by atoms with Gasteiger partial charge in [-0.3, -0.25) is 9.59 Å². The number of rotatable bonds is 11. The highest BCUT2D eigenvalue weighted by Gasteiger charge is 2.15. The zero-order valence-electron chi connectivity index (χ0n) is 16.5. The van der Waals surface area contributed by atoms with Crippen LogP contribution in [0.25, 0.3) is 5.70 Å². The molecule has 0 saturated heterocycles. The number of carbonyl (C=O) groups excluding carboxylic acids is 1. The number of hydrogen-bond acceptors (Lipinski definition) is 6. The lowest BCUT2D eigenvalue weighted by Gasteiger charge is -2.11. The fourth-order valence-corrected chi connectivity index (χ4v) is 2.41. The summed E-state index contributed by atoms with van der Waals surface area (Å²) < 4.78 is 18.7. The number of carboxylic acids is 1. The van der Waals surface area contributed by atoms with Gasteiger partial charge in [-0.05, 0) is 30.2 Å². The smallest absolute Gasteiger partial charge is 0.307 e. The summed E-state index contributed by atoms with van der Waals surface area (Å²) in [6, 6.07) is 12.0. The Morgan fingerprint density at radius 3 is 2.53 bits per heavy atom. The minimum Gasteiger partial charge on any atom is -0.487 e. The first-order chi connectivity index (χ1) is 14.4. The molecule has 0 saturated carbocycles. The Kier molecular flexibility index (Phi) is 8.56. The fraction of sp³-hybridized carbons (Fsp3) is 0.227. The molecule has 0 aliphatic heterocycles. The van der Waals surface area contributed by atoms with Gasteiger partial charge in [0.05, 0.1) is 6.42 Å². The van der Waals surface area contributed by atoms with Crippen molar-refractivity contribution in [1.82, 2.24) is 0 Å². The Bertz CT molecular complexity index is 939. The molecule has 7 nitrogen and oxygen atoms in total. The van der Waals surface area contributed by atoms with E-state index in [-0.39, 0.29) is 24.4 Å². The first-order valence-corrected chi connectivity index (χ1v) is 9.29. The fourth-order valence-electron chi connectivity index (χ4n) is 2.41. The number of ketones is 1. The van der Waals surface area contributed by atoms with Crippen molar-refractivity contribution in [2.45, 2.75) is 19.8 Å². The van der Waals surface area contributed by atoms with Gasteiger partial charge in [-0.1, -0.05) is 42.4 Å². The predicted molar refractivity (Wildman–Crippen MR) is 111 cm³/mol. The van der Waals surface area contributed by atoms with Gasteiger partial charge in [-0.2, -0.15) is 0 Å². The number of allylic oxidation sites excluding steroid dienone is 1. The van der Waals surface area contributed by atoms with E-state index in [9.17, 15) is 14.0 Å². The summed E-state index contributed by atoms with van der Waals surface area (Å²) in [7, 11) is 0. The topological polar surface area (TPSA) is 111 Å². The third-order valence-corrected chi connectivity index (χ3v) is 3.90. The molecule has 0 unspecified atom stereocenters. The molecule has 0 atom stereocenters. The molecular formula is C22H23FN2O5. The first-order valence-electron chi connectivity index (χ1n) is 9.29. The summed E-state index contributed by atoms with van der Waals surface area (Å²) in [6.07, 6.45) is 1.63. The van der Waals surface area contributed by atoms with Gasteiger partial charge < -0.3 is 20.4 Å². The van der Waals surface area contributed by atoms with Gasteiger partial charge in [-0.25, -0.2) is 4.39 Å². The molecular weight excluding hydrogens is 391 g/mol. The normalized spacial score (nSPS) is 11.8. The molecule has 2 rings (SSSR count). The summed E-state index contributed by atoms with van der Waals surface area (Å²) in [6.45, 7) is 1.96. The van der Waals surface area contributed by atoms with Crippen molar-refractivity contribution in [3.63, 3.8) is 0 Å². The van der Waals surface area contributed by atoms with E-state index in [2.05, 4.69) is 5.16 Å². The second kappa shape index (κ2) is 11.4. The zero-order valence-corrected chi connectivity index (χ0v) is 16.5. The van der Waals surface area contributed by atoms with Crippen molar-refractivity contribution >= 4 is 23.2 Å². The summed E-state index contributed by atoms with van der Waals surface area (Å²) in [5.41, 5.74) is 6.98. The third kappa shape index (κ3) is 7.05. The van der Waals surface area contributed by atoms with Crippen molar-refractivity contribution < 1.29 is 28.7 Å². The van der Waals surface area contributed by atoms with Gasteiger partial charge in [0.2, 0.25) is 5.78 Å². The van der Waals surface area contributed by atoms with Crippen LogP contribution in [0.15, 0.2) is 59.8 Å². The summed E-state index contributed by atoms with van der Waals surface area (Å²) in [5, 5.41) is 12.9. The van der Waals surface area contributed by atoms with Gasteiger partial charge in [-0.15, -0.1) is 0 Å². The Hall–Kier alpha value is -3.68. The number of halogens is 1. The highest BCUT2D eigenvalue weighted by molar-refractivity contribution is 6.45. The molecule has 8 heteroatoms. The molecule has 0 radical (unpaired) electrons. The number of oxime groups is 1. The molecule has 158 valence electrons. The number of aliphatic carboxylic acids is 1. The van der Waals surface area contributed by atoms with Crippen LogP contribution >= 0.6 is 0 Å². The van der Waals surface area contributed by atoms with E-state index in [0.717, 1.165) is 6.08 Å². The van der Waals surface area contributed by atoms with E-state index in [1.807, 2.05) is 6.92 Å². The molecule has 0 aliphatic rings. The van der Waals surface area contributed by atoms with Gasteiger partial charge >= 0.3 is 5.97 Å². The maximum Gasteiger partial charge on any atom is 0.307 e. The standard InChI is InChI=1S/C22H23FN2O5/c1-2-11-30-25-19(14-29-21-6-4-3-5-16(21)12-22(27)28)20(26)13-18(24)15-7-9-17(23)10-8-15/h3-10,13H,2,11-12,14,24H2,1H3,(H,27,28)/b18-13?,25-19+. The van der Waals surface area contributed by atoms with E-state index in [1.165, 1.54) is 24.3 Å². The summed E-state index contributed by atoms with van der Waals surface area (Å²) >= 11 is 0. The predicted octanol–water partition coefficient (Wildman–Crippen LogP) is 3.18.